The predicted molar refractivity (Wildman–Crippen MR) is 81.9 cm³/mol. The van der Waals surface area contributed by atoms with Gasteiger partial charge in [0.2, 0.25) is 0 Å². The van der Waals surface area contributed by atoms with Crippen LogP contribution in [0.4, 0.5) is 4.79 Å². The van der Waals surface area contributed by atoms with Crippen LogP contribution in [-0.4, -0.2) is 29.2 Å². The van der Waals surface area contributed by atoms with Gasteiger partial charge in [-0.2, -0.15) is 0 Å². The first kappa shape index (κ1) is 15.9. The van der Waals surface area contributed by atoms with E-state index in [2.05, 4.69) is 24.3 Å². The molecule has 21 heavy (non-hydrogen) atoms. The summed E-state index contributed by atoms with van der Waals surface area (Å²) in [6.07, 6.45) is 3.54. The number of amides is 2. The summed E-state index contributed by atoms with van der Waals surface area (Å²) in [4.78, 5) is 14.1. The van der Waals surface area contributed by atoms with Gasteiger partial charge in [0.05, 0.1) is 12.2 Å². The number of aryl methyl sites for hydroxylation is 2. The molecule has 0 saturated heterocycles. The molecule has 0 radical (unpaired) electrons. The average molecular weight is 293 g/mol. The summed E-state index contributed by atoms with van der Waals surface area (Å²) in [6.45, 7) is 8.83. The quantitative estimate of drug-likeness (QED) is 0.930. The van der Waals surface area contributed by atoms with E-state index in [-0.39, 0.29) is 12.1 Å². The smallest absolute Gasteiger partial charge is 0.317 e. The summed E-state index contributed by atoms with van der Waals surface area (Å²) in [5.74, 6) is 2.00. The van der Waals surface area contributed by atoms with Gasteiger partial charge in [0.1, 0.15) is 5.76 Å². The Morgan fingerprint density at radius 2 is 2.10 bits per heavy atom. The zero-order chi connectivity index (χ0) is 15.6. The van der Waals surface area contributed by atoms with Crippen LogP contribution in [0, 0.1) is 25.7 Å². The Balaban J connectivity index is 1.94. The molecule has 0 aromatic carbocycles. The van der Waals surface area contributed by atoms with E-state index in [1.54, 1.807) is 4.90 Å². The van der Waals surface area contributed by atoms with Crippen molar-refractivity contribution in [3.05, 3.63) is 17.0 Å². The Hall–Kier alpha value is -1.52. The van der Waals surface area contributed by atoms with Crippen LogP contribution in [0.1, 0.15) is 50.1 Å². The largest absolute Gasteiger partial charge is 0.361 e. The summed E-state index contributed by atoms with van der Waals surface area (Å²) in [6, 6.07) is 0.273. The molecule has 3 unspecified atom stereocenters. The first-order valence-electron chi connectivity index (χ1n) is 7.83. The fourth-order valence-corrected chi connectivity index (χ4v) is 3.09. The van der Waals surface area contributed by atoms with Crippen molar-refractivity contribution in [3.63, 3.8) is 0 Å². The predicted octanol–water partition coefficient (Wildman–Crippen LogP) is 3.26. The molecule has 0 aliphatic heterocycles. The summed E-state index contributed by atoms with van der Waals surface area (Å²) in [5, 5.41) is 7.12. The third-order valence-electron chi connectivity index (χ3n) is 4.94. The molecule has 1 saturated carbocycles. The highest BCUT2D eigenvalue weighted by Gasteiger charge is 2.29. The lowest BCUT2D eigenvalue weighted by atomic mass is 9.78. The first-order chi connectivity index (χ1) is 9.90. The molecule has 1 fully saturated rings. The van der Waals surface area contributed by atoms with E-state index in [9.17, 15) is 4.79 Å². The van der Waals surface area contributed by atoms with Crippen LogP contribution in [-0.2, 0) is 6.54 Å². The number of hydrogen-bond donors (Lipinski definition) is 1. The van der Waals surface area contributed by atoms with Crippen molar-refractivity contribution in [3.8, 4) is 0 Å². The SMILES string of the molecule is Cc1noc(C)c1CN(C)C(=O)NC1CCCC(C)C1C. The topological polar surface area (TPSA) is 58.4 Å². The molecule has 2 amide bonds. The highest BCUT2D eigenvalue weighted by Crippen LogP contribution is 2.29. The second-order valence-corrected chi connectivity index (χ2v) is 6.48. The summed E-state index contributed by atoms with van der Waals surface area (Å²) >= 11 is 0. The van der Waals surface area contributed by atoms with Crippen LogP contribution in [0.3, 0.4) is 0 Å². The molecule has 0 bridgehead atoms. The third-order valence-corrected chi connectivity index (χ3v) is 4.94. The zero-order valence-corrected chi connectivity index (χ0v) is 13.8. The monoisotopic (exact) mass is 293 g/mol. The van der Waals surface area contributed by atoms with Gasteiger partial charge < -0.3 is 14.7 Å². The van der Waals surface area contributed by atoms with Crippen molar-refractivity contribution in [2.24, 2.45) is 11.8 Å². The normalized spacial score (nSPS) is 25.7. The third kappa shape index (κ3) is 3.57. The lowest BCUT2D eigenvalue weighted by molar-refractivity contribution is 0.173. The van der Waals surface area contributed by atoms with Gasteiger partial charge >= 0.3 is 6.03 Å². The van der Waals surface area contributed by atoms with Gasteiger partial charge in [-0.25, -0.2) is 4.79 Å². The van der Waals surface area contributed by atoms with E-state index in [1.165, 1.54) is 12.8 Å². The fraction of sp³-hybridized carbons (Fsp3) is 0.750. The maximum Gasteiger partial charge on any atom is 0.317 e. The highest BCUT2D eigenvalue weighted by molar-refractivity contribution is 5.74. The second-order valence-electron chi connectivity index (χ2n) is 6.48. The minimum Gasteiger partial charge on any atom is -0.361 e. The number of nitrogens with one attached hydrogen (secondary N) is 1. The van der Waals surface area contributed by atoms with E-state index in [0.29, 0.717) is 18.4 Å². The number of carbonyl (C=O) groups excluding carboxylic acids is 1. The maximum atomic E-state index is 12.4. The standard InChI is InChI=1S/C16H27N3O2/c1-10-7-6-8-15(11(10)2)17-16(20)19(5)9-14-12(3)18-21-13(14)4/h10-11,15H,6-9H2,1-5H3,(H,17,20). The summed E-state index contributed by atoms with van der Waals surface area (Å²) < 4.78 is 5.15. The van der Waals surface area contributed by atoms with Crippen LogP contribution in [0.25, 0.3) is 0 Å². The number of nitrogens with zero attached hydrogens (tertiary/aromatic N) is 2. The number of hydrogen-bond acceptors (Lipinski definition) is 3. The molecule has 1 aromatic rings. The number of urea groups is 1. The number of aromatic nitrogens is 1. The van der Waals surface area contributed by atoms with E-state index in [0.717, 1.165) is 23.4 Å². The van der Waals surface area contributed by atoms with Gasteiger partial charge in [0, 0.05) is 18.7 Å². The molecular formula is C16H27N3O2. The van der Waals surface area contributed by atoms with E-state index in [1.807, 2.05) is 20.9 Å². The first-order valence-corrected chi connectivity index (χ1v) is 7.83. The van der Waals surface area contributed by atoms with Gasteiger partial charge in [-0.1, -0.05) is 31.8 Å². The zero-order valence-electron chi connectivity index (χ0n) is 13.8. The lowest BCUT2D eigenvalue weighted by Crippen LogP contribution is -2.48. The van der Waals surface area contributed by atoms with E-state index in [4.69, 9.17) is 4.52 Å². The van der Waals surface area contributed by atoms with Crippen molar-refractivity contribution in [2.45, 2.75) is 59.5 Å². The molecule has 5 nitrogen and oxygen atoms in total. The number of rotatable bonds is 3. The molecule has 1 aromatic heterocycles. The molecule has 0 spiro atoms. The average Bonchev–Trinajstić information content (AvgIpc) is 2.75. The molecular weight excluding hydrogens is 266 g/mol. The van der Waals surface area contributed by atoms with Crippen molar-refractivity contribution in [2.75, 3.05) is 7.05 Å². The lowest BCUT2D eigenvalue weighted by Gasteiger charge is -2.35. The second kappa shape index (κ2) is 6.50. The van der Waals surface area contributed by atoms with Crippen molar-refractivity contribution in [1.82, 2.24) is 15.4 Å². The summed E-state index contributed by atoms with van der Waals surface area (Å²) in [7, 11) is 1.82. The van der Waals surface area contributed by atoms with Crippen LogP contribution in [0.15, 0.2) is 4.52 Å². The van der Waals surface area contributed by atoms with Crippen molar-refractivity contribution >= 4 is 6.03 Å². The highest BCUT2D eigenvalue weighted by atomic mass is 16.5. The van der Waals surface area contributed by atoms with Crippen LogP contribution >= 0.6 is 0 Å². The molecule has 1 aliphatic carbocycles. The van der Waals surface area contributed by atoms with Gasteiger partial charge in [-0.05, 0) is 32.1 Å². The van der Waals surface area contributed by atoms with Gasteiger partial charge in [-0.15, -0.1) is 0 Å². The van der Waals surface area contributed by atoms with Crippen LogP contribution in [0.5, 0.6) is 0 Å². The molecule has 1 heterocycles. The van der Waals surface area contributed by atoms with E-state index >= 15 is 0 Å². The van der Waals surface area contributed by atoms with Gasteiger partial charge in [-0.3, -0.25) is 0 Å². The molecule has 118 valence electrons. The molecule has 1 N–H and O–H groups in total. The summed E-state index contributed by atoms with van der Waals surface area (Å²) in [5.41, 5.74) is 1.85. The van der Waals surface area contributed by atoms with Gasteiger partial charge in [0.25, 0.3) is 0 Å². The molecule has 3 atom stereocenters. The Morgan fingerprint density at radius 3 is 2.71 bits per heavy atom. The van der Waals surface area contributed by atoms with Crippen molar-refractivity contribution < 1.29 is 9.32 Å². The van der Waals surface area contributed by atoms with Crippen molar-refractivity contribution in [1.29, 1.82) is 0 Å². The number of carbonyl (C=O) groups is 1. The van der Waals surface area contributed by atoms with Crippen LogP contribution in [0.2, 0.25) is 0 Å². The Kier molecular flexibility index (Phi) is 4.91. The Bertz CT molecular complexity index is 478. The van der Waals surface area contributed by atoms with Gasteiger partial charge in [0.15, 0.2) is 0 Å². The minimum atomic E-state index is -0.0130. The maximum absolute atomic E-state index is 12.4. The fourth-order valence-electron chi connectivity index (χ4n) is 3.09. The molecule has 5 heteroatoms. The molecule has 2 rings (SSSR count). The Labute approximate surface area is 127 Å². The Morgan fingerprint density at radius 1 is 1.38 bits per heavy atom. The van der Waals surface area contributed by atoms with E-state index < -0.39 is 0 Å². The minimum absolute atomic E-state index is 0.0130. The molecule has 1 aliphatic rings. The van der Waals surface area contributed by atoms with Crippen LogP contribution < -0.4 is 5.32 Å².